The monoisotopic (exact) mass is 294 g/mol. The summed E-state index contributed by atoms with van der Waals surface area (Å²) in [4.78, 5) is 14.2. The van der Waals surface area contributed by atoms with E-state index >= 15 is 0 Å². The number of phenolic OH excluding ortho intramolecular Hbond substituents is 1. The van der Waals surface area contributed by atoms with Crippen molar-refractivity contribution >= 4 is 5.91 Å². The molecule has 3 N–H and O–H groups in total. The van der Waals surface area contributed by atoms with Gasteiger partial charge in [-0.3, -0.25) is 4.79 Å². The molecule has 0 saturated carbocycles. The number of amides is 1. The van der Waals surface area contributed by atoms with E-state index in [9.17, 15) is 9.90 Å². The van der Waals surface area contributed by atoms with E-state index < -0.39 is 6.04 Å². The van der Waals surface area contributed by atoms with E-state index in [1.807, 2.05) is 0 Å². The lowest BCUT2D eigenvalue weighted by Crippen LogP contribution is -2.47. The molecule has 0 radical (unpaired) electrons. The van der Waals surface area contributed by atoms with Crippen LogP contribution in [0.15, 0.2) is 24.3 Å². The van der Waals surface area contributed by atoms with E-state index in [4.69, 9.17) is 10.5 Å². The van der Waals surface area contributed by atoms with Gasteiger partial charge in [0.2, 0.25) is 5.91 Å². The average molecular weight is 294 g/mol. The van der Waals surface area contributed by atoms with Crippen LogP contribution in [0.4, 0.5) is 0 Å². The summed E-state index contributed by atoms with van der Waals surface area (Å²) in [6.45, 7) is 5.86. The van der Waals surface area contributed by atoms with Crippen LogP contribution in [-0.4, -0.2) is 48.8 Å². The number of methoxy groups -OCH3 is 1. The Labute approximate surface area is 126 Å². The third kappa shape index (κ3) is 6.14. The summed E-state index contributed by atoms with van der Waals surface area (Å²) in [6, 6.07) is 6.19. The molecular formula is C16H26N2O3. The van der Waals surface area contributed by atoms with Crippen molar-refractivity contribution in [1.29, 1.82) is 0 Å². The second-order valence-electron chi connectivity index (χ2n) is 5.65. The molecule has 1 aromatic carbocycles. The standard InChI is InChI=1S/C16H26N2O3/c1-12(2)11-18(8-9-21-3)16(20)15(17)10-13-4-6-14(19)7-5-13/h4-7,12,15,19H,8-11,17H2,1-3H3/t15-/m0/s1. The summed E-state index contributed by atoms with van der Waals surface area (Å²) in [5.41, 5.74) is 6.98. The van der Waals surface area contributed by atoms with Crippen molar-refractivity contribution in [3.05, 3.63) is 29.8 Å². The van der Waals surface area contributed by atoms with E-state index in [2.05, 4.69) is 13.8 Å². The third-order valence-corrected chi connectivity index (χ3v) is 3.17. The smallest absolute Gasteiger partial charge is 0.239 e. The minimum atomic E-state index is -0.579. The van der Waals surface area contributed by atoms with Crippen molar-refractivity contribution < 1.29 is 14.6 Å². The number of ether oxygens (including phenoxy) is 1. The Hall–Kier alpha value is -1.59. The molecule has 0 aliphatic carbocycles. The normalized spacial score (nSPS) is 12.4. The van der Waals surface area contributed by atoms with E-state index in [1.165, 1.54) is 0 Å². The molecule has 118 valence electrons. The van der Waals surface area contributed by atoms with Crippen molar-refractivity contribution in [1.82, 2.24) is 4.90 Å². The third-order valence-electron chi connectivity index (χ3n) is 3.17. The molecule has 5 heteroatoms. The van der Waals surface area contributed by atoms with Gasteiger partial charge < -0.3 is 20.5 Å². The minimum absolute atomic E-state index is 0.0613. The van der Waals surface area contributed by atoms with Crippen molar-refractivity contribution in [2.75, 3.05) is 26.8 Å². The Morgan fingerprint density at radius 3 is 2.48 bits per heavy atom. The summed E-state index contributed by atoms with van der Waals surface area (Å²) in [6.07, 6.45) is 0.459. The van der Waals surface area contributed by atoms with E-state index in [1.54, 1.807) is 36.3 Å². The van der Waals surface area contributed by atoms with Crippen molar-refractivity contribution in [3.63, 3.8) is 0 Å². The first-order valence-corrected chi connectivity index (χ1v) is 7.25. The Bertz CT molecular complexity index is 432. The number of phenols is 1. The second-order valence-corrected chi connectivity index (χ2v) is 5.65. The molecule has 5 nitrogen and oxygen atoms in total. The van der Waals surface area contributed by atoms with Crippen LogP contribution < -0.4 is 5.73 Å². The molecule has 0 heterocycles. The molecule has 1 rings (SSSR count). The number of carbonyl (C=O) groups excluding carboxylic acids is 1. The predicted octanol–water partition coefficient (Wildman–Crippen LogP) is 1.39. The number of hydrogen-bond acceptors (Lipinski definition) is 4. The molecule has 0 aliphatic rings. The highest BCUT2D eigenvalue weighted by Gasteiger charge is 2.21. The van der Waals surface area contributed by atoms with Gasteiger partial charge >= 0.3 is 0 Å². The van der Waals surface area contributed by atoms with Crippen LogP contribution in [0.2, 0.25) is 0 Å². The van der Waals surface area contributed by atoms with Gasteiger partial charge in [-0.2, -0.15) is 0 Å². The zero-order valence-corrected chi connectivity index (χ0v) is 13.1. The summed E-state index contributed by atoms with van der Waals surface area (Å²) >= 11 is 0. The van der Waals surface area contributed by atoms with Gasteiger partial charge in [-0.15, -0.1) is 0 Å². The van der Waals surface area contributed by atoms with Gasteiger partial charge in [0.15, 0.2) is 0 Å². The number of nitrogens with zero attached hydrogens (tertiary/aromatic N) is 1. The number of hydrogen-bond donors (Lipinski definition) is 2. The maximum absolute atomic E-state index is 12.5. The summed E-state index contributed by atoms with van der Waals surface area (Å²) in [5, 5.41) is 9.26. The molecule has 0 aromatic heterocycles. The number of carbonyl (C=O) groups is 1. The number of aromatic hydroxyl groups is 1. The van der Waals surface area contributed by atoms with Gasteiger partial charge in [0.1, 0.15) is 5.75 Å². The zero-order valence-electron chi connectivity index (χ0n) is 13.1. The maximum atomic E-state index is 12.5. The topological polar surface area (TPSA) is 75.8 Å². The van der Waals surface area contributed by atoms with Crippen LogP contribution >= 0.6 is 0 Å². The van der Waals surface area contributed by atoms with Crippen molar-refractivity contribution in [2.45, 2.75) is 26.3 Å². The molecule has 0 spiro atoms. The molecule has 21 heavy (non-hydrogen) atoms. The Morgan fingerprint density at radius 1 is 1.33 bits per heavy atom. The number of nitrogens with two attached hydrogens (primary N) is 1. The van der Waals surface area contributed by atoms with Gasteiger partial charge in [0.25, 0.3) is 0 Å². The maximum Gasteiger partial charge on any atom is 0.239 e. The fourth-order valence-electron chi connectivity index (χ4n) is 2.14. The SMILES string of the molecule is COCCN(CC(C)C)C(=O)[C@@H](N)Cc1ccc(O)cc1. The van der Waals surface area contributed by atoms with Gasteiger partial charge in [0, 0.05) is 20.2 Å². The Morgan fingerprint density at radius 2 is 1.95 bits per heavy atom. The molecule has 0 aliphatic heterocycles. The molecule has 0 saturated heterocycles. The number of benzene rings is 1. The molecule has 0 fully saturated rings. The minimum Gasteiger partial charge on any atom is -0.508 e. The highest BCUT2D eigenvalue weighted by Crippen LogP contribution is 2.12. The average Bonchev–Trinajstić information content (AvgIpc) is 2.44. The lowest BCUT2D eigenvalue weighted by molar-refractivity contribution is -0.133. The van der Waals surface area contributed by atoms with Crippen LogP contribution in [-0.2, 0) is 16.0 Å². The van der Waals surface area contributed by atoms with Crippen LogP contribution in [0.3, 0.4) is 0 Å². The predicted molar refractivity (Wildman–Crippen MR) is 83.1 cm³/mol. The summed E-state index contributed by atoms with van der Waals surface area (Å²) in [5.74, 6) is 0.528. The fourth-order valence-corrected chi connectivity index (χ4v) is 2.14. The quantitative estimate of drug-likeness (QED) is 0.760. The molecule has 0 unspecified atom stereocenters. The molecular weight excluding hydrogens is 268 g/mol. The Balaban J connectivity index is 2.65. The van der Waals surface area contributed by atoms with Crippen LogP contribution in [0.1, 0.15) is 19.4 Å². The highest BCUT2D eigenvalue weighted by atomic mass is 16.5. The van der Waals surface area contributed by atoms with Crippen LogP contribution in [0, 0.1) is 5.92 Å². The van der Waals surface area contributed by atoms with Gasteiger partial charge in [-0.1, -0.05) is 26.0 Å². The second kappa shape index (κ2) is 8.64. The van der Waals surface area contributed by atoms with Gasteiger partial charge in [-0.25, -0.2) is 0 Å². The fraction of sp³-hybridized carbons (Fsp3) is 0.562. The first-order valence-electron chi connectivity index (χ1n) is 7.25. The largest absolute Gasteiger partial charge is 0.508 e. The summed E-state index contributed by atoms with van der Waals surface area (Å²) in [7, 11) is 1.62. The van der Waals surface area contributed by atoms with Gasteiger partial charge in [-0.05, 0) is 30.0 Å². The van der Waals surface area contributed by atoms with Crippen LogP contribution in [0.25, 0.3) is 0 Å². The molecule has 0 bridgehead atoms. The van der Waals surface area contributed by atoms with Crippen molar-refractivity contribution in [2.24, 2.45) is 11.7 Å². The van der Waals surface area contributed by atoms with Gasteiger partial charge in [0.05, 0.1) is 12.6 Å². The van der Waals surface area contributed by atoms with Crippen LogP contribution in [0.5, 0.6) is 5.75 Å². The number of rotatable bonds is 8. The molecule has 1 atom stereocenters. The first kappa shape index (κ1) is 17.5. The van der Waals surface area contributed by atoms with E-state index in [0.717, 1.165) is 5.56 Å². The van der Waals surface area contributed by atoms with E-state index in [-0.39, 0.29) is 11.7 Å². The summed E-state index contributed by atoms with van der Waals surface area (Å²) < 4.78 is 5.05. The Kier molecular flexibility index (Phi) is 7.19. The van der Waals surface area contributed by atoms with Crippen molar-refractivity contribution in [3.8, 4) is 5.75 Å². The first-order chi connectivity index (χ1) is 9.93. The highest BCUT2D eigenvalue weighted by molar-refractivity contribution is 5.82. The lowest BCUT2D eigenvalue weighted by Gasteiger charge is -2.27. The van der Waals surface area contributed by atoms with E-state index in [0.29, 0.717) is 32.0 Å². The lowest BCUT2D eigenvalue weighted by atomic mass is 10.0. The molecule has 1 amide bonds. The zero-order chi connectivity index (χ0) is 15.8. The molecule has 1 aromatic rings.